The smallest absolute Gasteiger partial charge is 0.282 e. The van der Waals surface area contributed by atoms with E-state index in [9.17, 15) is 25.9 Å². The summed E-state index contributed by atoms with van der Waals surface area (Å²) < 4.78 is 70.5. The van der Waals surface area contributed by atoms with Crippen molar-refractivity contribution in [2.75, 3.05) is 0 Å². The summed E-state index contributed by atoms with van der Waals surface area (Å²) in [5.74, 6) is 0.670. The Morgan fingerprint density at radius 2 is 0.583 bits per heavy atom. The van der Waals surface area contributed by atoms with E-state index < -0.39 is 30.0 Å². The SMILES string of the molecule is O=S(=O)(O)c1cccc2c1C1=NC2=NC2=NC(=NC3=NC(=NC4=NC(=N1)c1ccccc14)c1cccc(S(=O)(=O)O)c13)c1ccccc12. The van der Waals surface area contributed by atoms with E-state index in [-0.39, 0.29) is 68.9 Å². The molecule has 0 aromatic heterocycles. The van der Waals surface area contributed by atoms with Gasteiger partial charge >= 0.3 is 0 Å². The van der Waals surface area contributed by atoms with E-state index in [4.69, 9.17) is 9.98 Å². The Bertz CT molecular complexity index is 2530. The first-order valence-corrected chi connectivity index (χ1v) is 17.0. The molecule has 0 saturated carbocycles. The van der Waals surface area contributed by atoms with Gasteiger partial charge in [-0.3, -0.25) is 9.11 Å². The second kappa shape index (κ2) is 9.79. The van der Waals surface area contributed by atoms with Crippen molar-refractivity contribution in [3.63, 3.8) is 0 Å². The zero-order valence-electron chi connectivity index (χ0n) is 24.0. The van der Waals surface area contributed by atoms with Gasteiger partial charge in [-0.05, 0) is 12.1 Å². The maximum Gasteiger partial charge on any atom is 0.295 e. The van der Waals surface area contributed by atoms with Crippen molar-refractivity contribution in [3.8, 4) is 0 Å². The molecule has 5 heterocycles. The van der Waals surface area contributed by atoms with Crippen LogP contribution < -0.4 is 0 Å². The highest BCUT2D eigenvalue weighted by Gasteiger charge is 2.35. The van der Waals surface area contributed by atoms with Crippen LogP contribution in [0.1, 0.15) is 44.5 Å². The molecule has 8 bridgehead atoms. The molecular formula is C32H16N8O6S2. The van der Waals surface area contributed by atoms with Crippen molar-refractivity contribution < 1.29 is 25.9 Å². The van der Waals surface area contributed by atoms with Gasteiger partial charge in [0.1, 0.15) is 9.79 Å². The molecular weight excluding hydrogens is 657 g/mol. The third-order valence-corrected chi connectivity index (χ3v) is 9.84. The average molecular weight is 673 g/mol. The lowest BCUT2D eigenvalue weighted by Gasteiger charge is -2.06. The molecule has 0 aliphatic carbocycles. The highest BCUT2D eigenvalue weighted by atomic mass is 32.2. The lowest BCUT2D eigenvalue weighted by molar-refractivity contribution is 0.480. The van der Waals surface area contributed by atoms with Crippen LogP contribution in [0, 0.1) is 0 Å². The zero-order valence-corrected chi connectivity index (χ0v) is 25.6. The Morgan fingerprint density at radius 1 is 0.333 bits per heavy atom. The fraction of sp³-hybridized carbons (Fsp3) is 0. The van der Waals surface area contributed by atoms with Crippen LogP contribution in [-0.2, 0) is 20.2 Å². The normalized spacial score (nSPS) is 17.0. The van der Waals surface area contributed by atoms with E-state index >= 15 is 0 Å². The lowest BCUT2D eigenvalue weighted by atomic mass is 10.1. The van der Waals surface area contributed by atoms with Gasteiger partial charge in [-0.15, -0.1) is 0 Å². The van der Waals surface area contributed by atoms with Crippen LogP contribution in [0.2, 0.25) is 0 Å². The standard InChI is InChI=1S/C32H16N8O6S2/c41-47(42,43)21-13-5-11-19-23(21)32-38-28-18-10-4-2-8-16(18)26(34-28)36-30-20-12-6-14-22(48(44,45)46)24(20)31(40-30)37-27-17-9-3-1-7-15(17)25(33-27)35-29(19)39-32/h1-14H,(H,41,42,43)(H,44,45,46). The Kier molecular flexibility index (Phi) is 5.77. The zero-order chi connectivity index (χ0) is 32.9. The third-order valence-electron chi connectivity index (χ3n) is 8.05. The first-order chi connectivity index (χ1) is 23.0. The summed E-state index contributed by atoms with van der Waals surface area (Å²) in [4.78, 5) is 36.5. The fourth-order valence-corrected chi connectivity index (χ4v) is 7.44. The van der Waals surface area contributed by atoms with Crippen LogP contribution in [0.15, 0.2) is 135 Å². The molecule has 0 spiro atoms. The van der Waals surface area contributed by atoms with Crippen molar-refractivity contribution in [1.29, 1.82) is 0 Å². The molecule has 16 heteroatoms. The molecule has 5 aliphatic heterocycles. The number of hydrogen-bond donors (Lipinski definition) is 2. The quantitative estimate of drug-likeness (QED) is 0.305. The third kappa shape index (κ3) is 4.24. The molecule has 0 saturated heterocycles. The largest absolute Gasteiger partial charge is 0.295 e. The Hall–Kier alpha value is -5.94. The van der Waals surface area contributed by atoms with E-state index in [1.54, 1.807) is 60.7 Å². The number of benzene rings is 4. The minimum absolute atomic E-state index is 0.0417. The molecule has 0 fully saturated rings. The van der Waals surface area contributed by atoms with Crippen molar-refractivity contribution in [1.82, 2.24) is 0 Å². The van der Waals surface area contributed by atoms with Crippen LogP contribution >= 0.6 is 0 Å². The van der Waals surface area contributed by atoms with E-state index in [1.807, 2.05) is 0 Å². The molecule has 232 valence electrons. The summed E-state index contributed by atoms with van der Waals surface area (Å²) in [6, 6.07) is 22.7. The Morgan fingerprint density at radius 3 is 0.896 bits per heavy atom. The summed E-state index contributed by atoms with van der Waals surface area (Å²) in [6.07, 6.45) is 0. The minimum Gasteiger partial charge on any atom is -0.282 e. The number of aliphatic imine (C=N–C) groups is 8. The van der Waals surface area contributed by atoms with Gasteiger partial charge in [-0.2, -0.15) is 16.8 Å². The predicted octanol–water partition coefficient (Wildman–Crippen LogP) is 3.32. The second-order valence-corrected chi connectivity index (χ2v) is 13.7. The molecule has 0 unspecified atom stereocenters. The topological polar surface area (TPSA) is 208 Å². The van der Waals surface area contributed by atoms with Crippen molar-refractivity contribution in [2.24, 2.45) is 39.9 Å². The number of rotatable bonds is 2. The minimum atomic E-state index is -4.71. The summed E-state index contributed by atoms with van der Waals surface area (Å²) >= 11 is 0. The monoisotopic (exact) mass is 672 g/mol. The molecule has 4 aromatic rings. The predicted molar refractivity (Wildman–Crippen MR) is 178 cm³/mol. The highest BCUT2D eigenvalue weighted by Crippen LogP contribution is 2.33. The first kappa shape index (κ1) is 28.3. The van der Waals surface area contributed by atoms with E-state index in [1.165, 1.54) is 24.3 Å². The van der Waals surface area contributed by atoms with Gasteiger partial charge in [0, 0.05) is 33.4 Å². The van der Waals surface area contributed by atoms with Gasteiger partial charge in [-0.25, -0.2) is 39.9 Å². The summed E-state index contributed by atoms with van der Waals surface area (Å²) in [5, 5.41) is 0. The van der Waals surface area contributed by atoms with Gasteiger partial charge in [-0.1, -0.05) is 72.8 Å². The summed E-state index contributed by atoms with van der Waals surface area (Å²) in [5.41, 5.74) is 2.86. The molecule has 14 nitrogen and oxygen atoms in total. The lowest BCUT2D eigenvalue weighted by Crippen LogP contribution is -2.09. The molecule has 48 heavy (non-hydrogen) atoms. The van der Waals surface area contributed by atoms with E-state index in [0.29, 0.717) is 22.3 Å². The molecule has 0 amide bonds. The Balaban J connectivity index is 1.39. The van der Waals surface area contributed by atoms with Gasteiger partial charge in [0.15, 0.2) is 46.7 Å². The molecule has 0 radical (unpaired) electrons. The van der Waals surface area contributed by atoms with Crippen LogP contribution in [0.4, 0.5) is 0 Å². The highest BCUT2D eigenvalue weighted by molar-refractivity contribution is 7.86. The maximum absolute atomic E-state index is 12.5. The maximum atomic E-state index is 12.5. The first-order valence-electron chi connectivity index (χ1n) is 14.2. The van der Waals surface area contributed by atoms with Crippen LogP contribution in [0.5, 0.6) is 0 Å². The van der Waals surface area contributed by atoms with Crippen LogP contribution in [0.25, 0.3) is 0 Å². The fourth-order valence-electron chi connectivity index (χ4n) is 6.02. The molecule has 5 aliphatic rings. The van der Waals surface area contributed by atoms with Crippen LogP contribution in [0.3, 0.4) is 0 Å². The summed E-state index contributed by atoms with van der Waals surface area (Å²) in [7, 11) is -9.43. The van der Waals surface area contributed by atoms with E-state index in [2.05, 4.69) is 30.0 Å². The van der Waals surface area contributed by atoms with Gasteiger partial charge < -0.3 is 0 Å². The van der Waals surface area contributed by atoms with Gasteiger partial charge in [0.25, 0.3) is 20.2 Å². The second-order valence-electron chi connectivity index (χ2n) is 10.9. The molecule has 2 N–H and O–H groups in total. The Labute approximate surface area is 271 Å². The number of hydrogen-bond acceptors (Lipinski definition) is 12. The van der Waals surface area contributed by atoms with Gasteiger partial charge in [0.2, 0.25) is 0 Å². The molecule has 4 aromatic carbocycles. The number of amidine groups is 8. The number of nitrogens with zero attached hydrogens (tertiary/aromatic N) is 8. The number of fused-ring (bicyclic) bond motifs is 16. The van der Waals surface area contributed by atoms with Crippen molar-refractivity contribution >= 4 is 66.9 Å². The molecule has 9 rings (SSSR count). The summed E-state index contributed by atoms with van der Waals surface area (Å²) in [6.45, 7) is 0. The van der Waals surface area contributed by atoms with E-state index in [0.717, 1.165) is 0 Å². The molecule has 0 atom stereocenters. The van der Waals surface area contributed by atoms with Crippen molar-refractivity contribution in [3.05, 3.63) is 129 Å². The van der Waals surface area contributed by atoms with Gasteiger partial charge in [0.05, 0.1) is 11.1 Å². The van der Waals surface area contributed by atoms with Crippen LogP contribution in [-0.4, -0.2) is 72.6 Å². The average Bonchev–Trinajstić information content (AvgIpc) is 3.79. The van der Waals surface area contributed by atoms with Crippen molar-refractivity contribution in [2.45, 2.75) is 9.79 Å².